The van der Waals surface area contributed by atoms with Crippen LogP contribution in [0.5, 0.6) is 0 Å². The van der Waals surface area contributed by atoms with Crippen molar-refractivity contribution in [3.8, 4) is 78.5 Å². The van der Waals surface area contributed by atoms with E-state index in [0.29, 0.717) is 50.3 Å². The Hall–Kier alpha value is -15.3. The molecule has 652 valence electrons. The third-order valence-corrected chi connectivity index (χ3v) is 25.2. The van der Waals surface area contributed by atoms with Crippen LogP contribution in [0, 0.1) is 71.5 Å². The summed E-state index contributed by atoms with van der Waals surface area (Å²) >= 11 is 0. The van der Waals surface area contributed by atoms with Crippen LogP contribution in [-0.4, -0.2) is 0 Å². The number of benzene rings is 12. The van der Waals surface area contributed by atoms with Crippen LogP contribution < -0.4 is 22.8 Å². The molecule has 12 aromatic carbocycles. The van der Waals surface area contributed by atoms with Crippen molar-refractivity contribution in [1.82, 2.24) is 0 Å². The highest BCUT2D eigenvalue weighted by Crippen LogP contribution is 2.48. The minimum Gasteiger partial charge on any atom is -0.467 e. The maximum Gasteiger partial charge on any atom is 0.232 e. The Labute approximate surface area is 769 Å². The molecule has 0 saturated heterocycles. The molecule has 22 rings (SSSR count). The normalized spacial score (nSPS) is 11.8. The van der Waals surface area contributed by atoms with Gasteiger partial charge in [-0.25, -0.2) is 40.9 Å². The minimum absolute atomic E-state index is 0.0571. The predicted molar refractivity (Wildman–Crippen MR) is 529 cm³/mol. The Bertz CT molecular complexity index is 8420. The van der Waals surface area contributed by atoms with Crippen LogP contribution in [0.2, 0.25) is 0 Å². The van der Waals surface area contributed by atoms with Crippen molar-refractivity contribution in [1.29, 1.82) is 0 Å². The highest BCUT2D eigenvalue weighted by Gasteiger charge is 2.30. The van der Waals surface area contributed by atoms with Crippen molar-refractivity contribution in [2.24, 2.45) is 41.2 Å². The van der Waals surface area contributed by atoms with Gasteiger partial charge in [0.25, 0.3) is 0 Å². The van der Waals surface area contributed by atoms with E-state index in [4.69, 9.17) is 31.4 Å². The maximum atomic E-state index is 14.8. The van der Waals surface area contributed by atoms with Crippen LogP contribution in [0.25, 0.3) is 193 Å². The summed E-state index contributed by atoms with van der Waals surface area (Å²) in [6, 6.07) is 89.2. The van der Waals surface area contributed by atoms with E-state index in [1.165, 1.54) is 79.2 Å². The van der Waals surface area contributed by atoms with Gasteiger partial charge in [0, 0.05) is 140 Å². The van der Waals surface area contributed by atoms with Crippen LogP contribution in [0.3, 0.4) is 0 Å². The van der Waals surface area contributed by atoms with Crippen molar-refractivity contribution >= 4 is 115 Å². The van der Waals surface area contributed by atoms with Crippen molar-refractivity contribution in [2.45, 2.75) is 94.9 Å². The molecule has 11 nitrogen and oxygen atoms in total. The molecule has 0 unspecified atom stereocenters. The van der Waals surface area contributed by atoms with Crippen molar-refractivity contribution in [3.05, 3.63) is 383 Å². The number of aryl methyl sites for hydroxylation is 12. The van der Waals surface area contributed by atoms with Gasteiger partial charge in [0.05, 0.1) is 34.4 Å². The van der Waals surface area contributed by atoms with Gasteiger partial charge >= 0.3 is 0 Å². The molecule has 0 aliphatic rings. The number of pyridine rings is 5. The first kappa shape index (κ1) is 84.8. The van der Waals surface area contributed by atoms with E-state index in [1.54, 1.807) is 12.1 Å². The van der Waals surface area contributed by atoms with Crippen molar-refractivity contribution in [2.75, 3.05) is 0 Å². The fourth-order valence-corrected chi connectivity index (χ4v) is 19.0. The number of aromatic nitrogens is 5. The van der Waals surface area contributed by atoms with Crippen LogP contribution in [0.15, 0.2) is 326 Å². The van der Waals surface area contributed by atoms with Gasteiger partial charge in [-0.15, -0.1) is 0 Å². The molecule has 0 spiro atoms. The molecule has 0 radical (unpaired) electrons. The lowest BCUT2D eigenvalue weighted by Crippen LogP contribution is -2.31. The van der Waals surface area contributed by atoms with E-state index in [9.17, 15) is 13.2 Å². The van der Waals surface area contributed by atoms with Gasteiger partial charge in [-0.1, -0.05) is 144 Å². The molecule has 0 saturated carbocycles. The third-order valence-electron chi connectivity index (χ3n) is 25.2. The van der Waals surface area contributed by atoms with Gasteiger partial charge < -0.3 is 22.1 Å². The number of furan rings is 5. The predicted octanol–water partition coefficient (Wildman–Crippen LogP) is 29.4. The second-order valence-corrected chi connectivity index (χ2v) is 35.0. The number of fused-ring (bicyclic) bond motifs is 15. The molecule has 0 aliphatic carbocycles. The highest BCUT2D eigenvalue weighted by molar-refractivity contribution is 6.20. The summed E-state index contributed by atoms with van der Waals surface area (Å²) in [5.74, 6) is -0.875. The fourth-order valence-electron chi connectivity index (χ4n) is 19.0. The molecule has 10 aromatic heterocycles. The van der Waals surface area contributed by atoms with E-state index in [1.807, 2.05) is 194 Å². The van der Waals surface area contributed by atoms with Crippen LogP contribution in [-0.2, 0) is 48.0 Å². The third kappa shape index (κ3) is 16.3. The number of nitrogens with zero attached hydrogens (tertiary/aromatic N) is 6. The molecule has 22 aromatic rings. The molecule has 0 fully saturated rings. The number of hydrogen-bond acceptors (Lipinski definition) is 5. The second kappa shape index (κ2) is 36.3. The van der Waals surface area contributed by atoms with Gasteiger partial charge in [-0.3, -0.25) is 0 Å². The van der Waals surface area contributed by atoms with E-state index in [0.717, 1.165) is 139 Å². The van der Waals surface area contributed by atoms with Crippen LogP contribution in [0.1, 0.15) is 93.3 Å². The first-order chi connectivity index (χ1) is 64.6. The molecule has 14 heteroatoms. The standard InChI is InChI=1S/C26H22NO.C25H19FNO.C23H23FNO.C22H21FNO.C22H19N2O/c1-17-15-20(19-9-5-4-6-10-19)25-23(16-17)28-22-13-12-18(2)24(26(22)25)21-11-7-8-14-27(21)3;1-16-11-12-22-25(24(16)21-10-6-7-13-27(21)2)19-14-18(17-8-4-3-5-9-17)20(26)15-23(19)28-22;1-14(2)11-16-6-9-19(25(4)13-16)22-15(3)5-10-20-23(22)18-8-7-17(24)12-21(18)26-20;1-13(2)19-16(23)10-9-15-21-18(25-22(15)19)11-8-14(3)20(21)17-7-5-6-12-24(17)4;1-5-15-10-11-16-20-18(25-22(16)21(15)23-3)12-9-14(2)19(20)17-8-6-7-13-24(17)4/h4-16H,1-3H3;3-15H,1-2H3;5-10,12-14H,11H2,1-4H3;5-13H,1-4H3;6-13H,5H2,1-2,4H3/q5*+1/i;;11D2;;. The largest absolute Gasteiger partial charge is 0.467 e. The zero-order chi connectivity index (χ0) is 94.0. The molecule has 132 heavy (non-hydrogen) atoms. The summed E-state index contributed by atoms with van der Waals surface area (Å²) in [6.07, 6.45) is 9.49. The van der Waals surface area contributed by atoms with E-state index in [-0.39, 0.29) is 29.3 Å². The maximum absolute atomic E-state index is 14.8. The average Bonchev–Trinajstić information content (AvgIpc) is 1.79. The number of hydrogen-bond donors (Lipinski definition) is 0. The molecule has 0 aliphatic heterocycles. The van der Waals surface area contributed by atoms with Crippen molar-refractivity contribution < 1.29 is 60.8 Å². The van der Waals surface area contributed by atoms with Gasteiger partial charge in [0.15, 0.2) is 31.0 Å². The average molecular weight is 1750 g/mol. The quantitative estimate of drug-likeness (QED) is 0.0951. The summed E-state index contributed by atoms with van der Waals surface area (Å²) < 4.78 is 101. The SMILES string of the molecule is Cc1cc(-c2ccccc2)c2c(c1)oc1ccc(C)c(-c3cccc[n+]3C)c12.Cc1ccc2oc3c(C(C)C)c(F)ccc3c2c1-c1cccc[n+]1C.Cc1ccc2oc3cc(F)c(-c4ccccc4)cc3c2c1-c1cccc[n+]1C.[2H]C([2H])(c1ccc(-c2c(C)ccc3oc4cc(F)ccc4c23)[n+](C)c1)C(C)C.[C-]#[N+]c1c(CC)ccc2c1oc1ccc(C)c(-c3cccc[n+]3C)c12. The summed E-state index contributed by atoms with van der Waals surface area (Å²) in [5, 5.41) is 10.3. The lowest BCUT2D eigenvalue weighted by molar-refractivity contribution is -0.660. The highest BCUT2D eigenvalue weighted by atomic mass is 19.1. The summed E-state index contributed by atoms with van der Waals surface area (Å²) in [6.45, 7) is 30.1. The first-order valence-corrected chi connectivity index (χ1v) is 44.7. The fraction of sp³-hybridized carbons (Fsp3) is 0.169. The summed E-state index contributed by atoms with van der Waals surface area (Å²) in [7, 11) is 10.1. The number of halogens is 3. The van der Waals surface area contributed by atoms with Crippen LogP contribution in [0.4, 0.5) is 18.9 Å². The number of rotatable bonds is 11. The van der Waals surface area contributed by atoms with Crippen molar-refractivity contribution in [3.63, 3.8) is 0 Å². The lowest BCUT2D eigenvalue weighted by atomic mass is 9.93. The van der Waals surface area contributed by atoms with E-state index >= 15 is 0 Å². The summed E-state index contributed by atoms with van der Waals surface area (Å²) in [5.41, 5.74) is 32.5. The second-order valence-electron chi connectivity index (χ2n) is 35.0. The molecular formula is C118H104F3N6O5+5. The Morgan fingerprint density at radius 1 is 0.348 bits per heavy atom. The molecule has 10 heterocycles. The molecule has 0 bridgehead atoms. The Kier molecular flexibility index (Phi) is 23.3. The van der Waals surface area contributed by atoms with E-state index in [2.05, 4.69) is 219 Å². The van der Waals surface area contributed by atoms with Gasteiger partial charge in [-0.05, 0) is 219 Å². The molecular weight excluding hydrogens is 1640 g/mol. The molecule has 0 amide bonds. The smallest absolute Gasteiger partial charge is 0.232 e. The van der Waals surface area contributed by atoms with Crippen LogP contribution >= 0.6 is 0 Å². The Balaban J connectivity index is 0.000000112. The Morgan fingerprint density at radius 3 is 1.23 bits per heavy atom. The van der Waals surface area contributed by atoms with E-state index < -0.39 is 6.37 Å². The van der Waals surface area contributed by atoms with Gasteiger partial charge in [0.2, 0.25) is 34.2 Å². The Morgan fingerprint density at radius 2 is 0.758 bits per heavy atom. The van der Waals surface area contributed by atoms with Gasteiger partial charge in [0.1, 0.15) is 109 Å². The zero-order valence-corrected chi connectivity index (χ0v) is 77.1. The lowest BCUT2D eigenvalue weighted by Gasteiger charge is -2.09. The minimum atomic E-state index is -1.41. The molecule has 0 N–H and O–H groups in total. The first-order valence-electron chi connectivity index (χ1n) is 45.7. The van der Waals surface area contributed by atoms with Gasteiger partial charge in [-0.2, -0.15) is 0 Å². The summed E-state index contributed by atoms with van der Waals surface area (Å²) in [4.78, 5) is 3.76. The topological polar surface area (TPSA) is 89.5 Å². The monoisotopic (exact) mass is 1740 g/mol. The zero-order valence-electron chi connectivity index (χ0n) is 79.1. The molecule has 0 atom stereocenters.